The van der Waals surface area contributed by atoms with Gasteiger partial charge in [0, 0.05) is 12.6 Å². The standard InChI is InChI=1S/C13H16ClFN2O/c1-7-4-9(10(14)5-11(7)15)13(18)17-6-12(16)8-2-3-8/h4-5,8,12H,2-3,6,16H2,1H3,(H,17,18). The molecule has 1 aromatic rings. The molecule has 1 fully saturated rings. The summed E-state index contributed by atoms with van der Waals surface area (Å²) in [5.74, 6) is -0.193. The fraction of sp³-hybridized carbons (Fsp3) is 0.462. The van der Waals surface area contributed by atoms with Crippen LogP contribution in [0.15, 0.2) is 12.1 Å². The zero-order chi connectivity index (χ0) is 13.3. The Balaban J connectivity index is 2.01. The van der Waals surface area contributed by atoms with Crippen molar-refractivity contribution in [3.05, 3.63) is 34.1 Å². The molecule has 0 aliphatic heterocycles. The predicted molar refractivity (Wildman–Crippen MR) is 69.2 cm³/mol. The van der Waals surface area contributed by atoms with E-state index in [1.807, 2.05) is 0 Å². The number of benzene rings is 1. The van der Waals surface area contributed by atoms with Gasteiger partial charge in [0.2, 0.25) is 0 Å². The van der Waals surface area contributed by atoms with Crippen LogP contribution in [0.3, 0.4) is 0 Å². The summed E-state index contributed by atoms with van der Waals surface area (Å²) < 4.78 is 13.2. The molecule has 2 rings (SSSR count). The van der Waals surface area contributed by atoms with Crippen molar-refractivity contribution in [2.45, 2.75) is 25.8 Å². The minimum atomic E-state index is -0.411. The fourth-order valence-corrected chi connectivity index (χ4v) is 2.06. The van der Waals surface area contributed by atoms with E-state index in [2.05, 4.69) is 5.32 Å². The molecule has 1 unspecified atom stereocenters. The molecule has 0 radical (unpaired) electrons. The van der Waals surface area contributed by atoms with E-state index in [4.69, 9.17) is 17.3 Å². The van der Waals surface area contributed by atoms with Gasteiger partial charge in [-0.3, -0.25) is 4.79 Å². The number of nitrogens with two attached hydrogens (primary N) is 1. The molecule has 0 heterocycles. The number of aryl methyl sites for hydroxylation is 1. The Kier molecular flexibility index (Phi) is 3.88. The Bertz CT molecular complexity index is 474. The topological polar surface area (TPSA) is 55.1 Å². The second-order valence-corrected chi connectivity index (χ2v) is 5.20. The van der Waals surface area contributed by atoms with Crippen molar-refractivity contribution in [1.82, 2.24) is 5.32 Å². The molecule has 1 atom stereocenters. The van der Waals surface area contributed by atoms with Crippen LogP contribution in [0.1, 0.15) is 28.8 Å². The van der Waals surface area contributed by atoms with E-state index in [9.17, 15) is 9.18 Å². The normalized spacial score (nSPS) is 16.4. The highest BCUT2D eigenvalue weighted by Gasteiger charge is 2.28. The quantitative estimate of drug-likeness (QED) is 0.882. The summed E-state index contributed by atoms with van der Waals surface area (Å²) in [4.78, 5) is 11.9. The molecule has 1 aliphatic carbocycles. The maximum atomic E-state index is 13.2. The van der Waals surface area contributed by atoms with E-state index < -0.39 is 5.82 Å². The van der Waals surface area contributed by atoms with Gasteiger partial charge >= 0.3 is 0 Å². The van der Waals surface area contributed by atoms with E-state index in [0.717, 1.165) is 18.9 Å². The first kappa shape index (κ1) is 13.3. The van der Waals surface area contributed by atoms with Crippen molar-refractivity contribution < 1.29 is 9.18 Å². The van der Waals surface area contributed by atoms with Gasteiger partial charge in [-0.1, -0.05) is 11.6 Å². The lowest BCUT2D eigenvalue weighted by atomic mass is 10.1. The maximum Gasteiger partial charge on any atom is 0.252 e. The van der Waals surface area contributed by atoms with Crippen LogP contribution >= 0.6 is 11.6 Å². The van der Waals surface area contributed by atoms with Crippen molar-refractivity contribution in [3.63, 3.8) is 0 Å². The molecule has 0 aromatic heterocycles. The molecule has 98 valence electrons. The van der Waals surface area contributed by atoms with E-state index >= 15 is 0 Å². The summed E-state index contributed by atoms with van der Waals surface area (Å²) in [6.07, 6.45) is 2.26. The summed E-state index contributed by atoms with van der Waals surface area (Å²) in [5, 5.41) is 2.86. The number of halogens is 2. The minimum absolute atomic E-state index is 0.00530. The lowest BCUT2D eigenvalue weighted by Crippen LogP contribution is -2.38. The molecular weight excluding hydrogens is 255 g/mol. The van der Waals surface area contributed by atoms with E-state index in [1.54, 1.807) is 6.92 Å². The van der Waals surface area contributed by atoms with Gasteiger partial charge in [0.05, 0.1) is 10.6 Å². The van der Waals surface area contributed by atoms with Crippen LogP contribution in [0.2, 0.25) is 5.02 Å². The van der Waals surface area contributed by atoms with Crippen LogP contribution in [0, 0.1) is 18.7 Å². The van der Waals surface area contributed by atoms with Crippen LogP contribution < -0.4 is 11.1 Å². The molecule has 18 heavy (non-hydrogen) atoms. The number of carbonyl (C=O) groups is 1. The molecule has 0 spiro atoms. The minimum Gasteiger partial charge on any atom is -0.350 e. The lowest BCUT2D eigenvalue weighted by Gasteiger charge is -2.12. The molecule has 1 aliphatic rings. The second-order valence-electron chi connectivity index (χ2n) is 4.79. The summed E-state index contributed by atoms with van der Waals surface area (Å²) in [7, 11) is 0. The number of hydrogen-bond acceptors (Lipinski definition) is 2. The zero-order valence-corrected chi connectivity index (χ0v) is 10.9. The summed E-state index contributed by atoms with van der Waals surface area (Å²) in [5.41, 5.74) is 6.58. The van der Waals surface area contributed by atoms with Crippen LogP contribution in [-0.4, -0.2) is 18.5 Å². The lowest BCUT2D eigenvalue weighted by molar-refractivity contribution is 0.0950. The molecule has 5 heteroatoms. The number of carbonyl (C=O) groups excluding carboxylic acids is 1. The highest BCUT2D eigenvalue weighted by molar-refractivity contribution is 6.33. The van der Waals surface area contributed by atoms with Gasteiger partial charge in [-0.2, -0.15) is 0 Å². The Morgan fingerprint density at radius 2 is 2.28 bits per heavy atom. The molecule has 1 amide bonds. The molecule has 3 N–H and O–H groups in total. The van der Waals surface area contributed by atoms with Gasteiger partial charge in [-0.25, -0.2) is 4.39 Å². The molecule has 1 aromatic carbocycles. The van der Waals surface area contributed by atoms with E-state index in [-0.39, 0.29) is 17.0 Å². The Morgan fingerprint density at radius 1 is 1.61 bits per heavy atom. The first-order valence-electron chi connectivity index (χ1n) is 5.98. The van der Waals surface area contributed by atoms with Gasteiger partial charge < -0.3 is 11.1 Å². The second kappa shape index (κ2) is 5.24. The SMILES string of the molecule is Cc1cc(C(=O)NCC(N)C2CC2)c(Cl)cc1F. The van der Waals surface area contributed by atoms with Gasteiger partial charge in [0.25, 0.3) is 5.91 Å². The molecule has 1 saturated carbocycles. The third-order valence-corrected chi connectivity index (χ3v) is 3.53. The summed E-state index contributed by atoms with van der Waals surface area (Å²) >= 11 is 5.85. The smallest absolute Gasteiger partial charge is 0.252 e. The third-order valence-electron chi connectivity index (χ3n) is 3.22. The maximum absolute atomic E-state index is 13.2. The van der Waals surface area contributed by atoms with Gasteiger partial charge in [-0.05, 0) is 43.4 Å². The first-order valence-corrected chi connectivity index (χ1v) is 6.36. The number of rotatable bonds is 4. The summed E-state index contributed by atoms with van der Waals surface area (Å²) in [6.45, 7) is 2.02. The fourth-order valence-electron chi connectivity index (χ4n) is 1.83. The molecule has 0 bridgehead atoms. The number of amides is 1. The largest absolute Gasteiger partial charge is 0.350 e. The Labute approximate surface area is 111 Å². The van der Waals surface area contributed by atoms with Crippen LogP contribution in [0.4, 0.5) is 4.39 Å². The van der Waals surface area contributed by atoms with Gasteiger partial charge in [0.1, 0.15) is 5.82 Å². The zero-order valence-electron chi connectivity index (χ0n) is 10.2. The van der Waals surface area contributed by atoms with Crippen molar-refractivity contribution in [3.8, 4) is 0 Å². The Hall–Kier alpha value is -1.13. The third kappa shape index (κ3) is 3.00. The summed E-state index contributed by atoms with van der Waals surface area (Å²) in [6, 6.07) is 2.61. The van der Waals surface area contributed by atoms with Crippen molar-refractivity contribution in [1.29, 1.82) is 0 Å². The van der Waals surface area contributed by atoms with Crippen LogP contribution in [-0.2, 0) is 0 Å². The predicted octanol–water partition coefficient (Wildman–Crippen LogP) is 2.25. The van der Waals surface area contributed by atoms with Crippen LogP contribution in [0.5, 0.6) is 0 Å². The van der Waals surface area contributed by atoms with E-state index in [0.29, 0.717) is 23.6 Å². The van der Waals surface area contributed by atoms with E-state index in [1.165, 1.54) is 6.07 Å². The monoisotopic (exact) mass is 270 g/mol. The van der Waals surface area contributed by atoms with Gasteiger partial charge in [-0.15, -0.1) is 0 Å². The Morgan fingerprint density at radius 3 is 2.89 bits per heavy atom. The average Bonchev–Trinajstić information content (AvgIpc) is 3.14. The average molecular weight is 271 g/mol. The molecular formula is C13H16ClFN2O. The van der Waals surface area contributed by atoms with Crippen molar-refractivity contribution >= 4 is 17.5 Å². The molecule has 0 saturated heterocycles. The number of hydrogen-bond donors (Lipinski definition) is 2. The van der Waals surface area contributed by atoms with Gasteiger partial charge in [0.15, 0.2) is 0 Å². The highest BCUT2D eigenvalue weighted by atomic mass is 35.5. The van der Waals surface area contributed by atoms with Crippen molar-refractivity contribution in [2.75, 3.05) is 6.54 Å². The number of nitrogens with one attached hydrogen (secondary N) is 1. The van der Waals surface area contributed by atoms with Crippen molar-refractivity contribution in [2.24, 2.45) is 11.7 Å². The molecule has 3 nitrogen and oxygen atoms in total. The first-order chi connectivity index (χ1) is 8.49. The highest BCUT2D eigenvalue weighted by Crippen LogP contribution is 2.31. The van der Waals surface area contributed by atoms with Crippen LogP contribution in [0.25, 0.3) is 0 Å².